The molecule has 176 valence electrons. The van der Waals surface area contributed by atoms with Gasteiger partial charge in [-0.2, -0.15) is 5.10 Å². The zero-order valence-corrected chi connectivity index (χ0v) is 19.3. The van der Waals surface area contributed by atoms with Crippen molar-refractivity contribution < 1.29 is 14.0 Å². The number of anilines is 1. The number of nitrogens with one attached hydrogen (secondary N) is 1. The van der Waals surface area contributed by atoms with Gasteiger partial charge in [0, 0.05) is 36.0 Å². The molecule has 2 aliphatic rings. The Morgan fingerprint density at radius 3 is 2.49 bits per heavy atom. The molecule has 0 radical (unpaired) electrons. The minimum atomic E-state index is -0.298. The predicted molar refractivity (Wildman–Crippen MR) is 132 cm³/mol. The van der Waals surface area contributed by atoms with Crippen LogP contribution in [0, 0.1) is 11.7 Å². The van der Waals surface area contributed by atoms with Crippen molar-refractivity contribution in [2.24, 2.45) is 13.0 Å². The number of carbonyl (C=O) groups excluding carboxylic acids is 2. The topological polar surface area (TPSA) is 67.2 Å². The molecule has 2 fully saturated rings. The molecule has 1 saturated heterocycles. The predicted octanol–water partition coefficient (Wildman–Crippen LogP) is 4.75. The first-order chi connectivity index (χ1) is 17.0. The van der Waals surface area contributed by atoms with Crippen LogP contribution in [0.5, 0.6) is 0 Å². The molecule has 6 nitrogen and oxygen atoms in total. The van der Waals surface area contributed by atoms with Crippen molar-refractivity contribution in [3.8, 4) is 11.3 Å². The largest absolute Gasteiger partial charge is 0.350 e. The average molecular weight is 469 g/mol. The van der Waals surface area contributed by atoms with E-state index in [0.29, 0.717) is 0 Å². The maximum Gasteiger partial charge on any atom is 0.229 e. The summed E-state index contributed by atoms with van der Waals surface area (Å²) in [5, 5.41) is 8.74. The number of aryl methyl sites for hydroxylation is 1. The van der Waals surface area contributed by atoms with E-state index in [4.69, 9.17) is 0 Å². The molecule has 1 aliphatic carbocycles. The van der Waals surface area contributed by atoms with E-state index in [1.54, 1.807) is 21.7 Å². The second kappa shape index (κ2) is 8.34. The van der Waals surface area contributed by atoms with Gasteiger partial charge >= 0.3 is 0 Å². The molecule has 1 aromatic heterocycles. The number of rotatable bonds is 5. The van der Waals surface area contributed by atoms with Crippen LogP contribution in [0.2, 0.25) is 0 Å². The van der Waals surface area contributed by atoms with Gasteiger partial charge in [-0.1, -0.05) is 30.3 Å². The number of hydrogen-bond acceptors (Lipinski definition) is 3. The summed E-state index contributed by atoms with van der Waals surface area (Å²) in [6, 6.07) is 21.4. The number of aromatic nitrogens is 2. The SMILES string of the molecule is Cn1nc(-c2ccc(F)cc2)c2ccc(N3C(=O)C[C@H](NC(=O)C4CC4)[C@H]3c3ccccc3)cc21. The smallest absolute Gasteiger partial charge is 0.229 e. The van der Waals surface area contributed by atoms with Crippen LogP contribution in [0.4, 0.5) is 10.1 Å². The number of hydrogen-bond donors (Lipinski definition) is 1. The molecule has 0 bridgehead atoms. The van der Waals surface area contributed by atoms with Crippen LogP contribution < -0.4 is 10.2 Å². The third kappa shape index (κ3) is 3.87. The summed E-state index contributed by atoms with van der Waals surface area (Å²) in [6.07, 6.45) is 2.09. The van der Waals surface area contributed by atoms with Gasteiger partial charge in [-0.3, -0.25) is 14.3 Å². The molecule has 2 amide bonds. The Morgan fingerprint density at radius 1 is 1.03 bits per heavy atom. The number of nitrogens with zero attached hydrogens (tertiary/aromatic N) is 3. The fraction of sp³-hybridized carbons (Fsp3) is 0.250. The fourth-order valence-electron chi connectivity index (χ4n) is 5.06. The zero-order chi connectivity index (χ0) is 24.1. The third-order valence-corrected chi connectivity index (χ3v) is 6.97. The normalized spacial score (nSPS) is 19.9. The van der Waals surface area contributed by atoms with E-state index in [-0.39, 0.29) is 42.1 Å². The minimum Gasteiger partial charge on any atom is -0.350 e. The Balaban J connectivity index is 1.40. The van der Waals surface area contributed by atoms with E-state index >= 15 is 0 Å². The highest BCUT2D eigenvalue weighted by molar-refractivity contribution is 6.01. The highest BCUT2D eigenvalue weighted by Gasteiger charge is 2.44. The van der Waals surface area contributed by atoms with Gasteiger partial charge < -0.3 is 10.2 Å². The van der Waals surface area contributed by atoms with Gasteiger partial charge in [0.1, 0.15) is 11.5 Å². The average Bonchev–Trinajstić information content (AvgIpc) is 3.60. The van der Waals surface area contributed by atoms with Crippen LogP contribution in [0.1, 0.15) is 30.9 Å². The first-order valence-electron chi connectivity index (χ1n) is 11.9. The molecule has 1 aliphatic heterocycles. The van der Waals surface area contributed by atoms with Gasteiger partial charge in [0.2, 0.25) is 11.8 Å². The van der Waals surface area contributed by atoms with E-state index in [9.17, 15) is 14.0 Å². The lowest BCUT2D eigenvalue weighted by Gasteiger charge is -2.29. The van der Waals surface area contributed by atoms with Gasteiger partial charge in [-0.15, -0.1) is 0 Å². The van der Waals surface area contributed by atoms with Gasteiger partial charge in [0.15, 0.2) is 0 Å². The van der Waals surface area contributed by atoms with Crippen LogP contribution in [-0.2, 0) is 16.6 Å². The summed E-state index contributed by atoms with van der Waals surface area (Å²) in [5.74, 6) is -0.206. The Bertz CT molecular complexity index is 1430. The van der Waals surface area contributed by atoms with Gasteiger partial charge in [-0.05, 0) is 60.9 Å². The molecule has 1 N–H and O–H groups in total. The van der Waals surface area contributed by atoms with E-state index in [2.05, 4.69) is 10.4 Å². The van der Waals surface area contributed by atoms with Crippen molar-refractivity contribution in [1.82, 2.24) is 15.1 Å². The Hall–Kier alpha value is -4.00. The monoisotopic (exact) mass is 468 g/mol. The lowest BCUT2D eigenvalue weighted by atomic mass is 9.99. The van der Waals surface area contributed by atoms with E-state index in [0.717, 1.165) is 46.3 Å². The molecular formula is C28H25FN4O2. The van der Waals surface area contributed by atoms with Crippen molar-refractivity contribution in [3.05, 3.63) is 84.2 Å². The number of amides is 2. The molecule has 35 heavy (non-hydrogen) atoms. The fourth-order valence-corrected chi connectivity index (χ4v) is 5.06. The highest BCUT2D eigenvalue weighted by atomic mass is 19.1. The molecule has 1 saturated carbocycles. The van der Waals surface area contributed by atoms with Crippen LogP contribution >= 0.6 is 0 Å². The van der Waals surface area contributed by atoms with Crippen molar-refractivity contribution >= 4 is 28.4 Å². The van der Waals surface area contributed by atoms with Gasteiger partial charge in [-0.25, -0.2) is 4.39 Å². The van der Waals surface area contributed by atoms with Crippen molar-refractivity contribution in [2.45, 2.75) is 31.3 Å². The lowest BCUT2D eigenvalue weighted by Crippen LogP contribution is -2.40. The summed E-state index contributed by atoms with van der Waals surface area (Å²) in [7, 11) is 1.86. The molecule has 2 atom stereocenters. The Morgan fingerprint density at radius 2 is 1.77 bits per heavy atom. The van der Waals surface area contributed by atoms with E-state index < -0.39 is 0 Å². The molecule has 3 aromatic carbocycles. The highest BCUT2D eigenvalue weighted by Crippen LogP contribution is 2.40. The summed E-state index contributed by atoms with van der Waals surface area (Å²) in [6.45, 7) is 0. The molecule has 0 spiro atoms. The van der Waals surface area contributed by atoms with Crippen LogP contribution in [0.3, 0.4) is 0 Å². The molecule has 0 unspecified atom stereocenters. The Kier molecular flexibility index (Phi) is 5.13. The number of benzene rings is 3. The number of fused-ring (bicyclic) bond motifs is 1. The molecule has 7 heteroatoms. The van der Waals surface area contributed by atoms with Crippen LogP contribution in [0.25, 0.3) is 22.2 Å². The standard InChI is InChI=1S/C28H25FN4O2/c1-32-24-15-21(13-14-22(24)26(31-32)17-9-11-20(29)12-10-17)33-25(34)16-23(30-28(35)19-7-8-19)27(33)18-5-3-2-4-6-18/h2-6,9-15,19,23,27H,7-8,16H2,1H3,(H,30,35)/t23-,27+/m0/s1. The van der Waals surface area contributed by atoms with Crippen molar-refractivity contribution in [3.63, 3.8) is 0 Å². The van der Waals surface area contributed by atoms with Crippen molar-refractivity contribution in [1.29, 1.82) is 0 Å². The third-order valence-electron chi connectivity index (χ3n) is 6.97. The minimum absolute atomic E-state index is 0.0276. The second-order valence-electron chi connectivity index (χ2n) is 9.39. The van der Waals surface area contributed by atoms with Crippen LogP contribution in [-0.4, -0.2) is 27.6 Å². The lowest BCUT2D eigenvalue weighted by molar-refractivity contribution is -0.123. The first kappa shape index (κ1) is 21.5. The summed E-state index contributed by atoms with van der Waals surface area (Å²) >= 11 is 0. The van der Waals surface area contributed by atoms with Crippen LogP contribution in [0.15, 0.2) is 72.8 Å². The summed E-state index contributed by atoms with van der Waals surface area (Å²) in [4.78, 5) is 27.7. The molecule has 6 rings (SSSR count). The molecule has 4 aromatic rings. The first-order valence-corrected chi connectivity index (χ1v) is 11.9. The number of carbonyl (C=O) groups is 2. The summed E-state index contributed by atoms with van der Waals surface area (Å²) in [5.41, 5.74) is 4.19. The maximum absolute atomic E-state index is 13.4. The number of halogens is 1. The second-order valence-corrected chi connectivity index (χ2v) is 9.39. The maximum atomic E-state index is 13.4. The zero-order valence-electron chi connectivity index (χ0n) is 19.3. The van der Waals surface area contributed by atoms with Gasteiger partial charge in [0.25, 0.3) is 0 Å². The van der Waals surface area contributed by atoms with Crippen molar-refractivity contribution in [2.75, 3.05) is 4.90 Å². The van der Waals surface area contributed by atoms with E-state index in [1.807, 2.05) is 55.6 Å². The van der Waals surface area contributed by atoms with Gasteiger partial charge in [0.05, 0.1) is 17.6 Å². The Labute approximate surface area is 202 Å². The van der Waals surface area contributed by atoms with E-state index in [1.165, 1.54) is 12.1 Å². The quantitative estimate of drug-likeness (QED) is 0.460. The summed E-state index contributed by atoms with van der Waals surface area (Å²) < 4.78 is 15.2. The molecular weight excluding hydrogens is 443 g/mol. The molecule has 2 heterocycles.